The highest BCUT2D eigenvalue weighted by molar-refractivity contribution is 6.32. The van der Waals surface area contributed by atoms with Crippen molar-refractivity contribution in [1.29, 1.82) is 0 Å². The molecule has 0 saturated carbocycles. The average molecular weight is 440 g/mol. The van der Waals surface area contributed by atoms with Crippen LogP contribution in [0.4, 0.5) is 27.6 Å². The standard InChI is InChI=1S/C21H17F5N2O3/c1-4-7-31-13-6-5-11(9-14(13)30-3)8-12-10(2)27-28(21(12)29)20-18(25)16(23)15(22)17(24)19(20)26/h5-6,8-9H,4,7H2,1-3H3/b12-8+. The van der Waals surface area contributed by atoms with Crippen LogP contribution in [0.25, 0.3) is 6.08 Å². The van der Waals surface area contributed by atoms with Crippen molar-refractivity contribution in [1.82, 2.24) is 0 Å². The Balaban J connectivity index is 2.00. The maximum Gasteiger partial charge on any atom is 0.280 e. The zero-order valence-electron chi connectivity index (χ0n) is 16.7. The van der Waals surface area contributed by atoms with Gasteiger partial charge in [-0.25, -0.2) is 22.0 Å². The largest absolute Gasteiger partial charge is 0.493 e. The summed E-state index contributed by atoms with van der Waals surface area (Å²) in [6.07, 6.45) is 2.14. The lowest BCUT2D eigenvalue weighted by molar-refractivity contribution is -0.114. The van der Waals surface area contributed by atoms with Crippen molar-refractivity contribution < 1.29 is 36.2 Å². The Bertz CT molecular complexity index is 1090. The maximum atomic E-state index is 14.1. The number of hydrogen-bond acceptors (Lipinski definition) is 4. The Morgan fingerprint density at radius 3 is 2.19 bits per heavy atom. The van der Waals surface area contributed by atoms with Gasteiger partial charge in [0.2, 0.25) is 5.82 Å². The second-order valence-electron chi connectivity index (χ2n) is 6.54. The third-order valence-corrected chi connectivity index (χ3v) is 4.42. The predicted octanol–water partition coefficient (Wildman–Crippen LogP) is 4.99. The highest BCUT2D eigenvalue weighted by atomic mass is 19.2. The van der Waals surface area contributed by atoms with Gasteiger partial charge < -0.3 is 9.47 Å². The second-order valence-corrected chi connectivity index (χ2v) is 6.54. The van der Waals surface area contributed by atoms with Crippen molar-refractivity contribution in [3.8, 4) is 11.5 Å². The van der Waals surface area contributed by atoms with Gasteiger partial charge in [-0.3, -0.25) is 4.79 Å². The molecule has 0 aromatic heterocycles. The number of rotatable bonds is 6. The number of amides is 1. The molecule has 0 bridgehead atoms. The molecule has 31 heavy (non-hydrogen) atoms. The summed E-state index contributed by atoms with van der Waals surface area (Å²) >= 11 is 0. The van der Waals surface area contributed by atoms with Gasteiger partial charge in [0.1, 0.15) is 5.69 Å². The van der Waals surface area contributed by atoms with Gasteiger partial charge in [0.15, 0.2) is 34.8 Å². The van der Waals surface area contributed by atoms with E-state index in [4.69, 9.17) is 9.47 Å². The third kappa shape index (κ3) is 3.97. The van der Waals surface area contributed by atoms with Gasteiger partial charge in [0, 0.05) is 0 Å². The summed E-state index contributed by atoms with van der Waals surface area (Å²) < 4.78 is 79.4. The smallest absolute Gasteiger partial charge is 0.280 e. The summed E-state index contributed by atoms with van der Waals surface area (Å²) in [7, 11) is 1.43. The number of hydrazone groups is 1. The Hall–Kier alpha value is -3.43. The second kappa shape index (κ2) is 8.75. The van der Waals surface area contributed by atoms with Gasteiger partial charge in [-0.15, -0.1) is 0 Å². The molecule has 0 aliphatic carbocycles. The Morgan fingerprint density at radius 1 is 1.00 bits per heavy atom. The van der Waals surface area contributed by atoms with E-state index in [2.05, 4.69) is 5.10 Å². The van der Waals surface area contributed by atoms with Crippen LogP contribution in [0.3, 0.4) is 0 Å². The number of carbonyl (C=O) groups excluding carboxylic acids is 1. The van der Waals surface area contributed by atoms with Gasteiger partial charge in [0.05, 0.1) is 25.0 Å². The van der Waals surface area contributed by atoms with E-state index in [1.807, 2.05) is 6.92 Å². The number of benzene rings is 2. The number of carbonyl (C=O) groups is 1. The van der Waals surface area contributed by atoms with E-state index in [0.29, 0.717) is 23.7 Å². The minimum atomic E-state index is -2.32. The van der Waals surface area contributed by atoms with Crippen LogP contribution in [0.5, 0.6) is 11.5 Å². The van der Waals surface area contributed by atoms with Crippen LogP contribution in [0.2, 0.25) is 0 Å². The molecule has 2 aromatic rings. The van der Waals surface area contributed by atoms with Gasteiger partial charge in [-0.2, -0.15) is 10.1 Å². The zero-order chi connectivity index (χ0) is 22.9. The van der Waals surface area contributed by atoms with Crippen molar-refractivity contribution in [2.75, 3.05) is 18.7 Å². The fourth-order valence-electron chi connectivity index (χ4n) is 2.89. The summed E-state index contributed by atoms with van der Waals surface area (Å²) in [5, 5.41) is 3.85. The first-order chi connectivity index (χ1) is 14.7. The van der Waals surface area contributed by atoms with Crippen molar-refractivity contribution in [2.45, 2.75) is 20.3 Å². The number of anilines is 1. The number of hydrogen-bond donors (Lipinski definition) is 0. The quantitative estimate of drug-likeness (QED) is 0.275. The van der Waals surface area contributed by atoms with Gasteiger partial charge >= 0.3 is 0 Å². The highest BCUT2D eigenvalue weighted by Crippen LogP contribution is 2.35. The summed E-state index contributed by atoms with van der Waals surface area (Å²) in [5.74, 6) is -11.1. The molecule has 0 N–H and O–H groups in total. The maximum absolute atomic E-state index is 14.1. The number of nitrogens with zero attached hydrogens (tertiary/aromatic N) is 2. The molecular formula is C21H17F5N2O3. The normalized spacial score (nSPS) is 15.0. The van der Waals surface area contributed by atoms with E-state index in [9.17, 15) is 26.7 Å². The van der Waals surface area contributed by atoms with Crippen molar-refractivity contribution in [2.24, 2.45) is 5.10 Å². The van der Waals surface area contributed by atoms with Crippen LogP contribution in [-0.4, -0.2) is 25.3 Å². The molecule has 0 spiro atoms. The molecule has 1 heterocycles. The van der Waals surface area contributed by atoms with Crippen LogP contribution < -0.4 is 14.5 Å². The van der Waals surface area contributed by atoms with Crippen molar-refractivity contribution in [3.05, 3.63) is 58.4 Å². The Labute approximate surface area is 174 Å². The summed E-state index contributed by atoms with van der Waals surface area (Å²) in [4.78, 5) is 12.7. The molecule has 10 heteroatoms. The molecule has 164 valence electrons. The minimum absolute atomic E-state index is 0.0271. The molecule has 1 aliphatic rings. The first-order valence-electron chi connectivity index (χ1n) is 9.15. The van der Waals surface area contributed by atoms with Crippen LogP contribution >= 0.6 is 0 Å². The lowest BCUT2D eigenvalue weighted by Gasteiger charge is -2.15. The summed E-state index contributed by atoms with van der Waals surface area (Å²) in [5.41, 5.74) is -1.03. The Kier molecular flexibility index (Phi) is 6.28. The molecule has 1 amide bonds. The number of halogens is 5. The first kappa shape index (κ1) is 22.3. The van der Waals surface area contributed by atoms with E-state index in [0.717, 1.165) is 6.42 Å². The van der Waals surface area contributed by atoms with E-state index in [-0.39, 0.29) is 16.3 Å². The van der Waals surface area contributed by atoms with E-state index >= 15 is 0 Å². The van der Waals surface area contributed by atoms with Crippen molar-refractivity contribution in [3.63, 3.8) is 0 Å². The van der Waals surface area contributed by atoms with E-state index in [1.165, 1.54) is 20.1 Å². The predicted molar refractivity (Wildman–Crippen MR) is 104 cm³/mol. The van der Waals surface area contributed by atoms with Gasteiger partial charge in [0.25, 0.3) is 5.91 Å². The van der Waals surface area contributed by atoms with Gasteiger partial charge in [-0.1, -0.05) is 13.0 Å². The molecule has 5 nitrogen and oxygen atoms in total. The summed E-state index contributed by atoms with van der Waals surface area (Å²) in [6, 6.07) is 4.80. The SMILES string of the molecule is CCCOc1ccc(/C=C2/C(=O)N(c3c(F)c(F)c(F)c(F)c3F)N=C2C)cc1OC. The molecule has 0 atom stereocenters. The highest BCUT2D eigenvalue weighted by Gasteiger charge is 2.37. The van der Waals surface area contributed by atoms with Crippen LogP contribution in [-0.2, 0) is 4.79 Å². The molecule has 1 aliphatic heterocycles. The molecule has 0 radical (unpaired) electrons. The molecule has 0 unspecified atom stereocenters. The van der Waals surface area contributed by atoms with Crippen LogP contribution in [0.1, 0.15) is 25.8 Å². The molecule has 2 aromatic carbocycles. The molecule has 3 rings (SSSR count). The number of ether oxygens (including phenoxy) is 2. The first-order valence-corrected chi connectivity index (χ1v) is 9.15. The average Bonchev–Trinajstić information content (AvgIpc) is 3.03. The van der Waals surface area contributed by atoms with E-state index in [1.54, 1.807) is 18.2 Å². The van der Waals surface area contributed by atoms with E-state index < -0.39 is 40.7 Å². The molecule has 0 saturated heterocycles. The van der Waals surface area contributed by atoms with Crippen molar-refractivity contribution >= 4 is 23.4 Å². The zero-order valence-corrected chi connectivity index (χ0v) is 16.7. The monoisotopic (exact) mass is 440 g/mol. The van der Waals surface area contributed by atoms with Crippen LogP contribution in [0, 0.1) is 29.1 Å². The fraction of sp³-hybridized carbons (Fsp3) is 0.238. The lowest BCUT2D eigenvalue weighted by Crippen LogP contribution is -2.25. The molecular weight excluding hydrogens is 423 g/mol. The topological polar surface area (TPSA) is 51.1 Å². The molecule has 0 fully saturated rings. The third-order valence-electron chi connectivity index (χ3n) is 4.42. The fourth-order valence-corrected chi connectivity index (χ4v) is 2.89. The minimum Gasteiger partial charge on any atom is -0.493 e. The lowest BCUT2D eigenvalue weighted by atomic mass is 10.1. The Morgan fingerprint density at radius 2 is 1.61 bits per heavy atom. The van der Waals surface area contributed by atoms with Crippen LogP contribution in [0.15, 0.2) is 28.9 Å². The van der Waals surface area contributed by atoms with Gasteiger partial charge in [-0.05, 0) is 37.1 Å². The number of methoxy groups -OCH3 is 1. The summed E-state index contributed by atoms with van der Waals surface area (Å²) in [6.45, 7) is 3.78.